The number of anilines is 1. The van der Waals surface area contributed by atoms with Gasteiger partial charge in [-0.15, -0.1) is 0 Å². The monoisotopic (exact) mass is 425 g/mol. The quantitative estimate of drug-likeness (QED) is 0.633. The number of oxazole rings is 1. The van der Waals surface area contributed by atoms with Crippen molar-refractivity contribution in [1.82, 2.24) is 19.9 Å². The van der Waals surface area contributed by atoms with Crippen LogP contribution in [0.2, 0.25) is 5.02 Å². The lowest BCUT2D eigenvalue weighted by Gasteiger charge is -2.36. The summed E-state index contributed by atoms with van der Waals surface area (Å²) < 4.78 is 5.94. The normalized spacial score (nSPS) is 18.8. The Kier molecular flexibility index (Phi) is 5.29. The van der Waals surface area contributed by atoms with Gasteiger partial charge in [-0.3, -0.25) is 4.79 Å². The number of amides is 1. The van der Waals surface area contributed by atoms with Gasteiger partial charge in [-0.1, -0.05) is 11.6 Å². The van der Waals surface area contributed by atoms with Crippen molar-refractivity contribution in [3.05, 3.63) is 47.6 Å². The molecule has 2 aliphatic rings. The number of aromatic nitrogens is 3. The maximum absolute atomic E-state index is 13.0. The van der Waals surface area contributed by atoms with Gasteiger partial charge >= 0.3 is 0 Å². The molecule has 2 aromatic heterocycles. The number of likely N-dealkylation sites (tertiary alicyclic amines) is 1. The van der Waals surface area contributed by atoms with Crippen molar-refractivity contribution in [2.75, 3.05) is 31.1 Å². The number of halogens is 1. The first-order valence-electron chi connectivity index (χ1n) is 10.5. The second-order valence-corrected chi connectivity index (χ2v) is 8.51. The molecular formula is C22H24ClN5O2. The smallest absolute Gasteiger partial charge is 0.225 e. The summed E-state index contributed by atoms with van der Waals surface area (Å²) in [5, 5.41) is 0.660. The van der Waals surface area contributed by atoms with Crippen molar-refractivity contribution in [3.63, 3.8) is 0 Å². The molecule has 2 fully saturated rings. The van der Waals surface area contributed by atoms with Crippen molar-refractivity contribution < 1.29 is 9.21 Å². The largest absolute Gasteiger partial charge is 0.440 e. The first-order valence-corrected chi connectivity index (χ1v) is 10.9. The number of hydrogen-bond donors (Lipinski definition) is 0. The van der Waals surface area contributed by atoms with Crippen LogP contribution in [0.25, 0.3) is 11.1 Å². The molecule has 1 aromatic carbocycles. The fourth-order valence-corrected chi connectivity index (χ4v) is 4.65. The third-order valence-corrected chi connectivity index (χ3v) is 6.44. The molecule has 8 heteroatoms. The molecule has 0 saturated carbocycles. The fraction of sp³-hybridized carbons (Fsp3) is 0.455. The number of rotatable bonds is 3. The number of hydrogen-bond acceptors (Lipinski definition) is 6. The number of carbonyl (C=O) groups is 1. The van der Waals surface area contributed by atoms with Gasteiger partial charge in [-0.05, 0) is 49.9 Å². The Bertz CT molecular complexity index is 1020. The molecular weight excluding hydrogens is 402 g/mol. The number of nitrogens with zero attached hydrogens (tertiary/aromatic N) is 5. The molecule has 1 amide bonds. The van der Waals surface area contributed by atoms with Crippen molar-refractivity contribution >= 4 is 34.6 Å². The van der Waals surface area contributed by atoms with Crippen LogP contribution < -0.4 is 4.90 Å². The molecule has 0 atom stereocenters. The lowest BCUT2D eigenvalue weighted by atomic mass is 9.92. The Labute approximate surface area is 180 Å². The Balaban J connectivity index is 1.16. The zero-order valence-electron chi connectivity index (χ0n) is 16.7. The highest BCUT2D eigenvalue weighted by atomic mass is 35.5. The van der Waals surface area contributed by atoms with Gasteiger partial charge in [-0.2, -0.15) is 0 Å². The molecule has 7 nitrogen and oxygen atoms in total. The molecule has 0 bridgehead atoms. The van der Waals surface area contributed by atoms with E-state index in [4.69, 9.17) is 16.0 Å². The van der Waals surface area contributed by atoms with Crippen LogP contribution in [-0.2, 0) is 4.79 Å². The van der Waals surface area contributed by atoms with Crippen molar-refractivity contribution in [3.8, 4) is 0 Å². The lowest BCUT2D eigenvalue weighted by Crippen LogP contribution is -2.45. The SMILES string of the molecule is O=C(C1CCN(c2ncccn2)CC1)N1CCC(c2nc3cc(Cl)ccc3o2)CC1. The van der Waals surface area contributed by atoms with E-state index >= 15 is 0 Å². The van der Waals surface area contributed by atoms with Gasteiger partial charge in [0.15, 0.2) is 11.5 Å². The van der Waals surface area contributed by atoms with Crippen LogP contribution in [0.4, 0.5) is 5.95 Å². The van der Waals surface area contributed by atoms with Crippen molar-refractivity contribution in [2.24, 2.45) is 5.92 Å². The molecule has 0 N–H and O–H groups in total. The Morgan fingerprint density at radius 1 is 1.03 bits per heavy atom. The number of piperidine rings is 2. The molecule has 5 rings (SSSR count). The summed E-state index contributed by atoms with van der Waals surface area (Å²) in [7, 11) is 0. The molecule has 3 aromatic rings. The fourth-order valence-electron chi connectivity index (χ4n) is 4.48. The third-order valence-electron chi connectivity index (χ3n) is 6.20. The summed E-state index contributed by atoms with van der Waals surface area (Å²) >= 11 is 6.05. The highest BCUT2D eigenvalue weighted by molar-refractivity contribution is 6.31. The van der Waals surface area contributed by atoms with E-state index in [2.05, 4.69) is 19.9 Å². The molecule has 0 unspecified atom stereocenters. The maximum Gasteiger partial charge on any atom is 0.225 e. The number of fused-ring (bicyclic) bond motifs is 1. The van der Waals surface area contributed by atoms with Crippen molar-refractivity contribution in [1.29, 1.82) is 0 Å². The van der Waals surface area contributed by atoms with E-state index < -0.39 is 0 Å². The summed E-state index contributed by atoms with van der Waals surface area (Å²) in [4.78, 5) is 30.5. The summed E-state index contributed by atoms with van der Waals surface area (Å²) in [5.74, 6) is 2.14. The minimum absolute atomic E-state index is 0.0907. The van der Waals surface area contributed by atoms with Crippen LogP contribution in [0, 0.1) is 5.92 Å². The Morgan fingerprint density at radius 3 is 2.50 bits per heavy atom. The van der Waals surface area contributed by atoms with Crippen LogP contribution >= 0.6 is 11.6 Å². The zero-order valence-corrected chi connectivity index (χ0v) is 17.5. The van der Waals surface area contributed by atoms with E-state index in [1.807, 2.05) is 29.2 Å². The molecule has 156 valence electrons. The topological polar surface area (TPSA) is 75.4 Å². The molecule has 4 heterocycles. The summed E-state index contributed by atoms with van der Waals surface area (Å²) in [6.07, 6.45) is 6.97. The Hall–Kier alpha value is -2.67. The minimum atomic E-state index is 0.0907. The Morgan fingerprint density at radius 2 is 1.77 bits per heavy atom. The van der Waals surface area contributed by atoms with E-state index in [9.17, 15) is 4.79 Å². The highest BCUT2D eigenvalue weighted by Crippen LogP contribution is 2.32. The van der Waals surface area contributed by atoms with Crippen molar-refractivity contribution in [2.45, 2.75) is 31.6 Å². The zero-order chi connectivity index (χ0) is 20.5. The van der Waals surface area contributed by atoms with E-state index in [-0.39, 0.29) is 17.7 Å². The maximum atomic E-state index is 13.0. The predicted octanol–water partition coefficient (Wildman–Crippen LogP) is 3.89. The van der Waals surface area contributed by atoms with Crippen LogP contribution in [0.15, 0.2) is 41.1 Å². The molecule has 30 heavy (non-hydrogen) atoms. The van der Waals surface area contributed by atoms with Gasteiger partial charge in [0.25, 0.3) is 0 Å². The van der Waals surface area contributed by atoms with E-state index in [1.54, 1.807) is 12.4 Å². The van der Waals surface area contributed by atoms with E-state index in [1.165, 1.54) is 0 Å². The molecule has 2 saturated heterocycles. The van der Waals surface area contributed by atoms with Gasteiger partial charge in [0.05, 0.1) is 0 Å². The van der Waals surface area contributed by atoms with Crippen LogP contribution in [0.1, 0.15) is 37.5 Å². The lowest BCUT2D eigenvalue weighted by molar-refractivity contribution is -0.137. The molecule has 0 aliphatic carbocycles. The molecule has 2 aliphatic heterocycles. The van der Waals surface area contributed by atoms with Crippen LogP contribution in [0.3, 0.4) is 0 Å². The first kappa shape index (κ1) is 19.3. The first-order chi connectivity index (χ1) is 14.7. The molecule has 0 spiro atoms. The average molecular weight is 426 g/mol. The van der Waals surface area contributed by atoms with Gasteiger partial charge in [0, 0.05) is 55.4 Å². The average Bonchev–Trinajstić information content (AvgIpc) is 3.23. The van der Waals surface area contributed by atoms with Gasteiger partial charge in [0.2, 0.25) is 11.9 Å². The van der Waals surface area contributed by atoms with Gasteiger partial charge in [0.1, 0.15) is 5.52 Å². The second kappa shape index (κ2) is 8.22. The third kappa shape index (κ3) is 3.86. The van der Waals surface area contributed by atoms with E-state index in [0.717, 1.165) is 74.8 Å². The predicted molar refractivity (Wildman–Crippen MR) is 115 cm³/mol. The number of benzene rings is 1. The van der Waals surface area contributed by atoms with Crippen LogP contribution in [0.5, 0.6) is 0 Å². The summed E-state index contributed by atoms with van der Waals surface area (Å²) in [6.45, 7) is 3.15. The van der Waals surface area contributed by atoms with Gasteiger partial charge < -0.3 is 14.2 Å². The van der Waals surface area contributed by atoms with Gasteiger partial charge in [-0.25, -0.2) is 15.0 Å². The number of carbonyl (C=O) groups excluding carboxylic acids is 1. The standard InChI is InChI=1S/C22H24ClN5O2/c23-17-2-3-19-18(14-17)26-20(30-19)15-4-10-27(11-5-15)21(29)16-6-12-28(13-7-16)22-24-8-1-9-25-22/h1-3,8-9,14-16H,4-7,10-13H2. The molecule has 0 radical (unpaired) electrons. The minimum Gasteiger partial charge on any atom is -0.440 e. The summed E-state index contributed by atoms with van der Waals surface area (Å²) in [6, 6.07) is 7.32. The van der Waals surface area contributed by atoms with Crippen LogP contribution in [-0.4, -0.2) is 51.9 Å². The van der Waals surface area contributed by atoms with E-state index in [0.29, 0.717) is 5.02 Å². The summed E-state index contributed by atoms with van der Waals surface area (Å²) in [5.41, 5.74) is 1.56. The second-order valence-electron chi connectivity index (χ2n) is 8.07. The highest BCUT2D eigenvalue weighted by Gasteiger charge is 2.32.